The van der Waals surface area contributed by atoms with Crippen molar-refractivity contribution in [2.45, 2.75) is 26.6 Å². The van der Waals surface area contributed by atoms with Gasteiger partial charge in [0, 0.05) is 49.4 Å². The van der Waals surface area contributed by atoms with Gasteiger partial charge in [-0.15, -0.1) is 0 Å². The van der Waals surface area contributed by atoms with Gasteiger partial charge in [-0.2, -0.15) is 18.2 Å². The number of carbonyl (C=O) groups excluding carboxylic acids is 2. The fourth-order valence-corrected chi connectivity index (χ4v) is 3.20. The van der Waals surface area contributed by atoms with Gasteiger partial charge in [0.05, 0.1) is 13.2 Å². The van der Waals surface area contributed by atoms with Crippen LogP contribution in [0.25, 0.3) is 0 Å². The third kappa shape index (κ3) is 7.31. The van der Waals surface area contributed by atoms with Crippen LogP contribution in [0.3, 0.4) is 0 Å². The SMILES string of the molecule is CC(=O)Nc1cc(C(=O)NCc2ccc(OCC(F)(F)F)nc2N2CCOCC2)cc(C)n1. The molecule has 1 saturated heterocycles. The molecule has 0 aliphatic carbocycles. The Kier molecular flexibility index (Phi) is 7.69. The van der Waals surface area contributed by atoms with Crippen LogP contribution in [-0.2, 0) is 16.1 Å². The normalized spacial score (nSPS) is 14.0. The van der Waals surface area contributed by atoms with Crippen LogP contribution in [0, 0.1) is 6.92 Å². The Morgan fingerprint density at radius 2 is 1.91 bits per heavy atom. The summed E-state index contributed by atoms with van der Waals surface area (Å²) < 4.78 is 47.7. The van der Waals surface area contributed by atoms with Crippen LogP contribution in [-0.4, -0.2) is 60.9 Å². The maximum absolute atomic E-state index is 12.7. The van der Waals surface area contributed by atoms with Gasteiger partial charge in [0.2, 0.25) is 11.8 Å². The quantitative estimate of drug-likeness (QED) is 0.644. The summed E-state index contributed by atoms with van der Waals surface area (Å²) in [6.45, 7) is 3.56. The first-order valence-corrected chi connectivity index (χ1v) is 10.2. The highest BCUT2D eigenvalue weighted by atomic mass is 19.4. The van der Waals surface area contributed by atoms with Gasteiger partial charge in [0.25, 0.3) is 5.91 Å². The molecule has 1 aliphatic rings. The number of nitrogens with one attached hydrogen (secondary N) is 2. The summed E-state index contributed by atoms with van der Waals surface area (Å²) in [5, 5.41) is 5.32. The molecular formula is C21H24F3N5O4. The second-order valence-corrected chi connectivity index (χ2v) is 7.38. The third-order valence-corrected chi connectivity index (χ3v) is 4.58. The number of morpholine rings is 1. The zero-order valence-electron chi connectivity index (χ0n) is 18.2. The van der Waals surface area contributed by atoms with Crippen LogP contribution in [0.15, 0.2) is 24.3 Å². The van der Waals surface area contributed by atoms with Crippen LogP contribution < -0.4 is 20.3 Å². The monoisotopic (exact) mass is 467 g/mol. The second kappa shape index (κ2) is 10.5. The van der Waals surface area contributed by atoms with Crippen LogP contribution in [0.2, 0.25) is 0 Å². The average molecular weight is 467 g/mol. The van der Waals surface area contributed by atoms with E-state index >= 15 is 0 Å². The molecule has 0 atom stereocenters. The van der Waals surface area contributed by atoms with Crippen molar-refractivity contribution < 1.29 is 32.2 Å². The molecule has 9 nitrogen and oxygen atoms in total. The van der Waals surface area contributed by atoms with E-state index in [-0.39, 0.29) is 24.1 Å². The standard InChI is InChI=1S/C21H24F3N5O4/c1-13-9-16(10-17(26-13)27-14(2)30)20(31)25-11-15-3-4-18(33-12-21(22,23)24)28-19(15)29-5-7-32-8-6-29/h3-4,9-10H,5-8,11-12H2,1-2H3,(H,25,31)(H,26,27,30). The van der Waals surface area contributed by atoms with Crippen molar-refractivity contribution in [2.75, 3.05) is 43.1 Å². The number of hydrogen-bond donors (Lipinski definition) is 2. The summed E-state index contributed by atoms with van der Waals surface area (Å²) >= 11 is 0. The Morgan fingerprint density at radius 3 is 2.58 bits per heavy atom. The van der Waals surface area contributed by atoms with Crippen molar-refractivity contribution in [1.29, 1.82) is 0 Å². The van der Waals surface area contributed by atoms with Gasteiger partial charge in [0.15, 0.2) is 6.61 Å². The Bertz CT molecular complexity index is 1010. The van der Waals surface area contributed by atoms with E-state index in [9.17, 15) is 22.8 Å². The Morgan fingerprint density at radius 1 is 1.18 bits per heavy atom. The molecule has 0 spiro atoms. The highest BCUT2D eigenvalue weighted by Gasteiger charge is 2.29. The molecule has 2 amide bonds. The molecule has 2 aromatic heterocycles. The van der Waals surface area contributed by atoms with Gasteiger partial charge in [-0.1, -0.05) is 0 Å². The molecule has 2 aromatic rings. The van der Waals surface area contributed by atoms with Gasteiger partial charge >= 0.3 is 6.18 Å². The van der Waals surface area contributed by atoms with E-state index in [2.05, 4.69) is 20.6 Å². The summed E-state index contributed by atoms with van der Waals surface area (Å²) in [5.74, 6) is -0.197. The lowest BCUT2D eigenvalue weighted by molar-refractivity contribution is -0.154. The molecule has 1 fully saturated rings. The zero-order chi connectivity index (χ0) is 24.0. The summed E-state index contributed by atoms with van der Waals surface area (Å²) in [7, 11) is 0. The average Bonchev–Trinajstić information content (AvgIpc) is 2.75. The smallest absolute Gasteiger partial charge is 0.422 e. The number of aryl methyl sites for hydroxylation is 1. The lowest BCUT2D eigenvalue weighted by atomic mass is 10.2. The molecule has 0 radical (unpaired) electrons. The fraction of sp³-hybridized carbons (Fsp3) is 0.429. The molecule has 178 valence electrons. The van der Waals surface area contributed by atoms with Crippen molar-refractivity contribution in [1.82, 2.24) is 15.3 Å². The first kappa shape index (κ1) is 24.2. The van der Waals surface area contributed by atoms with E-state index in [1.165, 1.54) is 19.1 Å². The predicted molar refractivity (Wildman–Crippen MR) is 113 cm³/mol. The molecule has 3 heterocycles. The number of pyridine rings is 2. The lowest BCUT2D eigenvalue weighted by Gasteiger charge is -2.29. The second-order valence-electron chi connectivity index (χ2n) is 7.38. The summed E-state index contributed by atoms with van der Waals surface area (Å²) in [6.07, 6.45) is -4.48. The van der Waals surface area contributed by atoms with Crippen molar-refractivity contribution in [2.24, 2.45) is 0 Å². The first-order valence-electron chi connectivity index (χ1n) is 10.2. The summed E-state index contributed by atoms with van der Waals surface area (Å²) in [4.78, 5) is 34.3. The van der Waals surface area contributed by atoms with Crippen LogP contribution in [0.5, 0.6) is 5.88 Å². The van der Waals surface area contributed by atoms with Gasteiger partial charge < -0.3 is 25.0 Å². The van der Waals surface area contributed by atoms with Gasteiger partial charge in [-0.25, -0.2) is 4.98 Å². The molecule has 33 heavy (non-hydrogen) atoms. The number of amides is 2. The van der Waals surface area contributed by atoms with E-state index in [0.717, 1.165) is 0 Å². The van der Waals surface area contributed by atoms with Gasteiger partial charge in [0.1, 0.15) is 11.6 Å². The molecule has 3 rings (SSSR count). The number of carbonyl (C=O) groups is 2. The van der Waals surface area contributed by atoms with E-state index < -0.39 is 18.7 Å². The maximum Gasteiger partial charge on any atom is 0.422 e. The van der Waals surface area contributed by atoms with E-state index in [0.29, 0.717) is 48.9 Å². The minimum Gasteiger partial charge on any atom is -0.468 e. The number of nitrogens with zero attached hydrogens (tertiary/aromatic N) is 3. The molecule has 0 unspecified atom stereocenters. The lowest BCUT2D eigenvalue weighted by Crippen LogP contribution is -2.38. The van der Waals surface area contributed by atoms with E-state index in [1.807, 2.05) is 4.90 Å². The number of anilines is 2. The minimum atomic E-state index is -4.48. The van der Waals surface area contributed by atoms with Crippen LogP contribution in [0.1, 0.15) is 28.5 Å². The molecule has 12 heteroatoms. The highest BCUT2D eigenvalue weighted by Crippen LogP contribution is 2.25. The van der Waals surface area contributed by atoms with Crippen molar-refractivity contribution >= 4 is 23.5 Å². The largest absolute Gasteiger partial charge is 0.468 e. The number of ether oxygens (including phenoxy) is 2. The number of hydrogen-bond acceptors (Lipinski definition) is 7. The predicted octanol–water partition coefficient (Wildman–Crippen LogP) is 2.45. The Labute approximate surface area is 188 Å². The van der Waals surface area contributed by atoms with Crippen molar-refractivity contribution in [3.63, 3.8) is 0 Å². The molecular weight excluding hydrogens is 443 g/mol. The topological polar surface area (TPSA) is 106 Å². The minimum absolute atomic E-state index is 0.0783. The van der Waals surface area contributed by atoms with Gasteiger partial charge in [-0.3, -0.25) is 9.59 Å². The molecule has 1 aliphatic heterocycles. The van der Waals surface area contributed by atoms with Crippen molar-refractivity contribution in [3.8, 4) is 5.88 Å². The molecule has 0 bridgehead atoms. The highest BCUT2D eigenvalue weighted by molar-refractivity contribution is 5.96. The third-order valence-electron chi connectivity index (χ3n) is 4.58. The summed E-state index contributed by atoms with van der Waals surface area (Å²) in [6, 6.07) is 5.95. The van der Waals surface area contributed by atoms with Crippen LogP contribution in [0.4, 0.5) is 24.8 Å². The number of halogens is 3. The number of aromatic nitrogens is 2. The fourth-order valence-electron chi connectivity index (χ4n) is 3.20. The van der Waals surface area contributed by atoms with Crippen molar-refractivity contribution in [3.05, 3.63) is 41.1 Å². The summed E-state index contributed by atoms with van der Waals surface area (Å²) in [5.41, 5.74) is 1.46. The van der Waals surface area contributed by atoms with Crippen LogP contribution >= 0.6 is 0 Å². The Hall–Kier alpha value is -3.41. The molecule has 0 aromatic carbocycles. The Balaban J connectivity index is 1.77. The van der Waals surface area contributed by atoms with E-state index in [1.54, 1.807) is 19.1 Å². The zero-order valence-corrected chi connectivity index (χ0v) is 18.2. The number of alkyl halides is 3. The first-order chi connectivity index (χ1) is 15.6. The number of rotatable bonds is 7. The van der Waals surface area contributed by atoms with E-state index in [4.69, 9.17) is 9.47 Å². The molecule has 0 saturated carbocycles. The van der Waals surface area contributed by atoms with Gasteiger partial charge in [-0.05, 0) is 25.1 Å². The maximum atomic E-state index is 12.7. The molecule has 2 N–H and O–H groups in total.